The van der Waals surface area contributed by atoms with Crippen molar-refractivity contribution in [2.24, 2.45) is 5.92 Å². The standard InChI is InChI=1S/C16H30N4/c1-14(2)9-17-10-15-11-18-13-20(15)12-16(19(3)4)7-5-6-8-16/h11,13-14,17H,5-10,12H2,1-4H3. The molecule has 0 unspecified atom stereocenters. The van der Waals surface area contributed by atoms with Gasteiger partial charge in [-0.1, -0.05) is 26.7 Å². The molecule has 0 aliphatic heterocycles. The molecule has 4 heteroatoms. The van der Waals surface area contributed by atoms with Gasteiger partial charge in [-0.05, 0) is 39.4 Å². The predicted octanol–water partition coefficient (Wildman–Crippen LogP) is 2.50. The van der Waals surface area contributed by atoms with Gasteiger partial charge < -0.3 is 14.8 Å². The third kappa shape index (κ3) is 3.61. The van der Waals surface area contributed by atoms with E-state index in [-0.39, 0.29) is 0 Å². The Hall–Kier alpha value is -0.870. The van der Waals surface area contributed by atoms with Gasteiger partial charge in [-0.3, -0.25) is 0 Å². The summed E-state index contributed by atoms with van der Waals surface area (Å²) in [6.45, 7) is 7.53. The Bertz CT molecular complexity index is 402. The number of imidazole rings is 1. The van der Waals surface area contributed by atoms with E-state index in [1.54, 1.807) is 0 Å². The minimum absolute atomic E-state index is 0.327. The minimum Gasteiger partial charge on any atom is -0.332 e. The summed E-state index contributed by atoms with van der Waals surface area (Å²) in [6, 6.07) is 0. The molecule has 0 aromatic carbocycles. The van der Waals surface area contributed by atoms with E-state index in [1.165, 1.54) is 31.4 Å². The summed E-state index contributed by atoms with van der Waals surface area (Å²) in [5.74, 6) is 0.689. The zero-order valence-corrected chi connectivity index (χ0v) is 13.5. The number of aromatic nitrogens is 2. The largest absolute Gasteiger partial charge is 0.332 e. The van der Waals surface area contributed by atoms with Crippen LogP contribution in [0.4, 0.5) is 0 Å². The number of hydrogen-bond donors (Lipinski definition) is 1. The molecule has 0 spiro atoms. The maximum Gasteiger partial charge on any atom is 0.0949 e. The summed E-state index contributed by atoms with van der Waals surface area (Å²) in [4.78, 5) is 6.78. The Morgan fingerprint density at radius 3 is 2.65 bits per heavy atom. The van der Waals surface area contributed by atoms with E-state index in [0.717, 1.165) is 19.6 Å². The molecular weight excluding hydrogens is 248 g/mol. The highest BCUT2D eigenvalue weighted by molar-refractivity contribution is 5.02. The summed E-state index contributed by atoms with van der Waals surface area (Å²) >= 11 is 0. The van der Waals surface area contributed by atoms with E-state index >= 15 is 0 Å². The first-order valence-electron chi connectivity index (χ1n) is 7.91. The van der Waals surface area contributed by atoms with E-state index in [9.17, 15) is 0 Å². The molecule has 1 aromatic rings. The van der Waals surface area contributed by atoms with Crippen molar-refractivity contribution < 1.29 is 0 Å². The molecule has 0 bridgehead atoms. The number of nitrogens with zero attached hydrogens (tertiary/aromatic N) is 3. The second kappa shape index (κ2) is 6.72. The van der Waals surface area contributed by atoms with Crippen LogP contribution < -0.4 is 5.32 Å². The van der Waals surface area contributed by atoms with Crippen LogP contribution in [0.25, 0.3) is 0 Å². The highest BCUT2D eigenvalue weighted by Crippen LogP contribution is 2.35. The quantitative estimate of drug-likeness (QED) is 0.832. The molecule has 1 heterocycles. The molecule has 114 valence electrons. The lowest BCUT2D eigenvalue weighted by Gasteiger charge is -2.37. The van der Waals surface area contributed by atoms with Gasteiger partial charge in [0.15, 0.2) is 0 Å². The van der Waals surface area contributed by atoms with Crippen LogP contribution in [0.5, 0.6) is 0 Å². The summed E-state index contributed by atoms with van der Waals surface area (Å²) in [6.07, 6.45) is 9.32. The molecule has 0 saturated heterocycles. The van der Waals surface area contributed by atoms with Crippen molar-refractivity contribution in [2.45, 2.75) is 58.2 Å². The Balaban J connectivity index is 2.00. The van der Waals surface area contributed by atoms with Gasteiger partial charge in [0.05, 0.1) is 12.0 Å². The Morgan fingerprint density at radius 1 is 1.35 bits per heavy atom. The Morgan fingerprint density at radius 2 is 2.05 bits per heavy atom. The third-order valence-electron chi connectivity index (χ3n) is 4.60. The van der Waals surface area contributed by atoms with Crippen LogP contribution in [0.3, 0.4) is 0 Å². The van der Waals surface area contributed by atoms with Gasteiger partial charge in [-0.25, -0.2) is 4.98 Å². The van der Waals surface area contributed by atoms with Crippen molar-refractivity contribution in [1.82, 2.24) is 19.8 Å². The van der Waals surface area contributed by atoms with Crippen LogP contribution in [0.1, 0.15) is 45.2 Å². The van der Waals surface area contributed by atoms with Crippen molar-refractivity contribution >= 4 is 0 Å². The van der Waals surface area contributed by atoms with Crippen LogP contribution in [0.2, 0.25) is 0 Å². The molecule has 20 heavy (non-hydrogen) atoms. The Labute approximate surface area is 123 Å². The van der Waals surface area contributed by atoms with E-state index in [1.807, 2.05) is 12.5 Å². The Kier molecular flexibility index (Phi) is 5.22. The summed E-state index contributed by atoms with van der Waals surface area (Å²) in [7, 11) is 4.44. The van der Waals surface area contributed by atoms with Crippen LogP contribution in [-0.4, -0.2) is 40.6 Å². The minimum atomic E-state index is 0.327. The molecule has 1 N–H and O–H groups in total. The van der Waals surface area contributed by atoms with Gasteiger partial charge in [0.25, 0.3) is 0 Å². The van der Waals surface area contributed by atoms with Gasteiger partial charge in [0, 0.05) is 24.8 Å². The lowest BCUT2D eigenvalue weighted by atomic mass is 9.96. The van der Waals surface area contributed by atoms with E-state index in [4.69, 9.17) is 0 Å². The van der Waals surface area contributed by atoms with Gasteiger partial charge in [0.2, 0.25) is 0 Å². The molecule has 1 aliphatic carbocycles. The molecule has 1 fully saturated rings. The topological polar surface area (TPSA) is 33.1 Å². The van der Waals surface area contributed by atoms with E-state index < -0.39 is 0 Å². The van der Waals surface area contributed by atoms with Crippen molar-refractivity contribution in [3.8, 4) is 0 Å². The van der Waals surface area contributed by atoms with Crippen LogP contribution in [0.15, 0.2) is 12.5 Å². The second-order valence-corrected chi connectivity index (χ2v) is 6.86. The molecular formula is C16H30N4. The average molecular weight is 278 g/mol. The summed E-state index contributed by atoms with van der Waals surface area (Å²) < 4.78 is 2.35. The summed E-state index contributed by atoms with van der Waals surface area (Å²) in [5, 5.41) is 3.52. The number of likely N-dealkylation sites (N-methyl/N-ethyl adjacent to an activating group) is 1. The fourth-order valence-corrected chi connectivity index (χ4v) is 3.22. The lowest BCUT2D eigenvalue weighted by Crippen LogP contribution is -2.45. The van der Waals surface area contributed by atoms with Gasteiger partial charge >= 0.3 is 0 Å². The van der Waals surface area contributed by atoms with Crippen LogP contribution in [0, 0.1) is 5.92 Å². The highest BCUT2D eigenvalue weighted by Gasteiger charge is 2.36. The van der Waals surface area contributed by atoms with Gasteiger partial charge in [-0.2, -0.15) is 0 Å². The predicted molar refractivity (Wildman–Crippen MR) is 83.7 cm³/mol. The first-order valence-corrected chi connectivity index (χ1v) is 7.91. The van der Waals surface area contributed by atoms with Gasteiger partial charge in [-0.15, -0.1) is 0 Å². The fourth-order valence-electron chi connectivity index (χ4n) is 3.22. The molecule has 0 radical (unpaired) electrons. The normalized spacial score (nSPS) is 18.3. The molecule has 1 aliphatic rings. The molecule has 0 amide bonds. The van der Waals surface area contributed by atoms with Crippen LogP contribution in [-0.2, 0) is 13.1 Å². The van der Waals surface area contributed by atoms with Crippen molar-refractivity contribution in [2.75, 3.05) is 20.6 Å². The summed E-state index contributed by atoms with van der Waals surface area (Å²) in [5.41, 5.74) is 1.63. The highest BCUT2D eigenvalue weighted by atomic mass is 15.2. The van der Waals surface area contributed by atoms with Crippen LogP contribution >= 0.6 is 0 Å². The molecule has 0 atom stereocenters. The van der Waals surface area contributed by atoms with Crippen molar-refractivity contribution in [1.29, 1.82) is 0 Å². The first-order chi connectivity index (χ1) is 9.53. The molecule has 1 aromatic heterocycles. The SMILES string of the molecule is CC(C)CNCc1cncn1CC1(N(C)C)CCCC1. The van der Waals surface area contributed by atoms with E-state index in [0.29, 0.717) is 11.5 Å². The van der Waals surface area contributed by atoms with E-state index in [2.05, 4.69) is 47.7 Å². The molecule has 1 saturated carbocycles. The number of hydrogen-bond acceptors (Lipinski definition) is 3. The monoisotopic (exact) mass is 278 g/mol. The maximum absolute atomic E-state index is 4.36. The second-order valence-electron chi connectivity index (χ2n) is 6.86. The zero-order chi connectivity index (χ0) is 14.6. The number of rotatable bonds is 7. The average Bonchev–Trinajstić information content (AvgIpc) is 3.00. The third-order valence-corrected chi connectivity index (χ3v) is 4.60. The van der Waals surface area contributed by atoms with Crippen molar-refractivity contribution in [3.05, 3.63) is 18.2 Å². The maximum atomic E-state index is 4.36. The lowest BCUT2D eigenvalue weighted by molar-refractivity contribution is 0.132. The van der Waals surface area contributed by atoms with Gasteiger partial charge in [0.1, 0.15) is 0 Å². The smallest absolute Gasteiger partial charge is 0.0949 e. The molecule has 2 rings (SSSR count). The first kappa shape index (κ1) is 15.5. The van der Waals surface area contributed by atoms with Crippen molar-refractivity contribution in [3.63, 3.8) is 0 Å². The zero-order valence-electron chi connectivity index (χ0n) is 13.5. The fraction of sp³-hybridized carbons (Fsp3) is 0.812. The number of nitrogens with one attached hydrogen (secondary N) is 1. The molecule has 4 nitrogen and oxygen atoms in total.